The summed E-state index contributed by atoms with van der Waals surface area (Å²) >= 11 is 5.93. The lowest BCUT2D eigenvalue weighted by Gasteiger charge is -2.41. The summed E-state index contributed by atoms with van der Waals surface area (Å²) in [6, 6.07) is 0.385. The second kappa shape index (κ2) is 7.75. The average Bonchev–Trinajstić information content (AvgIpc) is 3.24. The number of aromatic nitrogens is 4. The zero-order valence-corrected chi connectivity index (χ0v) is 18.1. The fourth-order valence-electron chi connectivity index (χ4n) is 5.27. The van der Waals surface area contributed by atoms with Gasteiger partial charge >= 0.3 is 0 Å². The molecule has 0 radical (unpaired) electrons. The average molecular weight is 435 g/mol. The zero-order chi connectivity index (χ0) is 20.0. The van der Waals surface area contributed by atoms with Crippen molar-refractivity contribution >= 4 is 22.4 Å². The Labute approximate surface area is 178 Å². The molecule has 0 spiro atoms. The predicted molar refractivity (Wildman–Crippen MR) is 112 cm³/mol. The monoisotopic (exact) mass is 434 g/mol. The molecule has 1 aliphatic heterocycles. The van der Waals surface area contributed by atoms with Gasteiger partial charge in [-0.25, -0.2) is 15.0 Å². The summed E-state index contributed by atoms with van der Waals surface area (Å²) in [5.74, 6) is 2.99. The highest BCUT2D eigenvalue weighted by molar-refractivity contribution is 7.85. The summed E-state index contributed by atoms with van der Waals surface area (Å²) in [6.45, 7) is 0.217. The molecule has 0 amide bonds. The molecule has 2 aromatic rings. The van der Waals surface area contributed by atoms with Crippen LogP contribution in [0.3, 0.4) is 0 Å². The second-order valence-corrected chi connectivity index (χ2v) is 10.8. The van der Waals surface area contributed by atoms with Crippen molar-refractivity contribution < 1.29 is 9.32 Å². The number of hydrogen-bond donors (Lipinski definition) is 1. The van der Waals surface area contributed by atoms with Crippen LogP contribution in [0.15, 0.2) is 17.4 Å². The minimum absolute atomic E-state index is 0.0211. The molecule has 0 aromatic carbocycles. The van der Waals surface area contributed by atoms with Crippen LogP contribution in [-0.4, -0.2) is 41.2 Å². The third-order valence-electron chi connectivity index (χ3n) is 7.14. The molecule has 1 N–H and O–H groups in total. The molecule has 3 aliphatic rings. The first-order valence-corrected chi connectivity index (χ1v) is 12.3. The van der Waals surface area contributed by atoms with E-state index in [9.17, 15) is 9.32 Å². The normalized spacial score (nSPS) is 28.1. The smallest absolute Gasteiger partial charge is 0.148 e. The van der Waals surface area contributed by atoms with Gasteiger partial charge in [-0.3, -0.25) is 4.21 Å². The molecule has 1 unspecified atom stereocenters. The van der Waals surface area contributed by atoms with E-state index in [2.05, 4.69) is 14.5 Å². The van der Waals surface area contributed by atoms with Crippen molar-refractivity contribution in [2.75, 3.05) is 12.4 Å². The number of fused-ring (bicyclic) bond motifs is 1. The van der Waals surface area contributed by atoms with Crippen LogP contribution >= 0.6 is 11.6 Å². The predicted octanol–water partition coefficient (Wildman–Crippen LogP) is 3.59. The summed E-state index contributed by atoms with van der Waals surface area (Å²) in [7, 11) is -0.972. The number of nitrogens with zero attached hydrogens (tertiary/aromatic N) is 4. The van der Waals surface area contributed by atoms with E-state index in [0.717, 1.165) is 68.0 Å². The van der Waals surface area contributed by atoms with Crippen LogP contribution in [0.1, 0.15) is 74.2 Å². The van der Waals surface area contributed by atoms with Crippen molar-refractivity contribution in [2.45, 2.75) is 74.8 Å². The number of hydrogen-bond acceptors (Lipinski definition) is 5. The van der Waals surface area contributed by atoms with Crippen molar-refractivity contribution in [3.63, 3.8) is 0 Å². The van der Waals surface area contributed by atoms with Gasteiger partial charge < -0.3 is 9.67 Å². The highest BCUT2D eigenvalue weighted by atomic mass is 35.5. The minimum atomic E-state index is -0.972. The topological polar surface area (TPSA) is 80.9 Å². The Balaban J connectivity index is 1.38. The third kappa shape index (κ3) is 3.55. The van der Waals surface area contributed by atoms with Gasteiger partial charge in [0.25, 0.3) is 0 Å². The van der Waals surface area contributed by atoms with Crippen LogP contribution in [0, 0.1) is 5.41 Å². The molecule has 2 saturated carbocycles. The SMILES string of the molecule is O=S1CCc2c1nc(CC1(CO)CCC1)n2C1CCC(c2ncc(Cl)cn2)CC1. The molecule has 2 fully saturated rings. The van der Waals surface area contributed by atoms with Crippen molar-refractivity contribution in [3.8, 4) is 0 Å². The Bertz CT molecular complexity index is 912. The Morgan fingerprint density at radius 3 is 2.55 bits per heavy atom. The molecule has 3 heterocycles. The summed E-state index contributed by atoms with van der Waals surface area (Å²) < 4.78 is 14.9. The molecule has 29 heavy (non-hydrogen) atoms. The van der Waals surface area contributed by atoms with Gasteiger partial charge in [-0.15, -0.1) is 0 Å². The van der Waals surface area contributed by atoms with Gasteiger partial charge in [-0.2, -0.15) is 0 Å². The van der Waals surface area contributed by atoms with Gasteiger partial charge in [0.1, 0.15) is 16.7 Å². The Morgan fingerprint density at radius 1 is 1.21 bits per heavy atom. The highest BCUT2D eigenvalue weighted by Crippen LogP contribution is 2.45. The minimum Gasteiger partial charge on any atom is -0.396 e. The fourth-order valence-corrected chi connectivity index (χ4v) is 6.61. The first-order valence-electron chi connectivity index (χ1n) is 10.7. The molecule has 6 nitrogen and oxygen atoms in total. The van der Waals surface area contributed by atoms with Crippen molar-refractivity contribution in [3.05, 3.63) is 34.8 Å². The van der Waals surface area contributed by atoms with Crippen LogP contribution in [0.5, 0.6) is 0 Å². The maximum Gasteiger partial charge on any atom is 0.148 e. The lowest BCUT2D eigenvalue weighted by Crippen LogP contribution is -2.37. The van der Waals surface area contributed by atoms with E-state index in [-0.39, 0.29) is 12.0 Å². The van der Waals surface area contributed by atoms with Gasteiger partial charge in [0.2, 0.25) is 0 Å². The quantitative estimate of drug-likeness (QED) is 0.777. The van der Waals surface area contributed by atoms with E-state index in [1.807, 2.05) is 0 Å². The van der Waals surface area contributed by atoms with E-state index < -0.39 is 10.8 Å². The molecule has 8 heteroatoms. The van der Waals surface area contributed by atoms with Crippen LogP contribution in [-0.2, 0) is 23.6 Å². The van der Waals surface area contributed by atoms with Crippen molar-refractivity contribution in [1.29, 1.82) is 0 Å². The lowest BCUT2D eigenvalue weighted by molar-refractivity contribution is 0.0415. The van der Waals surface area contributed by atoms with E-state index in [0.29, 0.717) is 22.7 Å². The number of aliphatic hydroxyl groups is 1. The van der Waals surface area contributed by atoms with Crippen LogP contribution in [0.4, 0.5) is 0 Å². The van der Waals surface area contributed by atoms with Crippen molar-refractivity contribution in [2.24, 2.45) is 5.41 Å². The van der Waals surface area contributed by atoms with Gasteiger partial charge in [0.15, 0.2) is 0 Å². The Hall–Kier alpha value is -1.31. The Kier molecular flexibility index (Phi) is 5.25. The fraction of sp³-hybridized carbons (Fsp3) is 0.667. The van der Waals surface area contributed by atoms with E-state index in [1.165, 1.54) is 12.1 Å². The first-order chi connectivity index (χ1) is 14.1. The largest absolute Gasteiger partial charge is 0.396 e. The maximum atomic E-state index is 12.5. The molecule has 0 saturated heterocycles. The maximum absolute atomic E-state index is 12.5. The zero-order valence-electron chi connectivity index (χ0n) is 16.5. The standard InChI is InChI=1S/C21H27ClN4O2S/c22-15-11-23-19(24-12-15)14-2-4-16(5-3-14)26-17-6-9-29(28)20(17)25-18(26)10-21(13-27)7-1-8-21/h11-12,14,16,27H,1-10,13H2. The van der Waals surface area contributed by atoms with E-state index in [4.69, 9.17) is 16.6 Å². The molecule has 0 bridgehead atoms. The molecule has 156 valence electrons. The Morgan fingerprint density at radius 2 is 1.93 bits per heavy atom. The highest BCUT2D eigenvalue weighted by Gasteiger charge is 2.40. The van der Waals surface area contributed by atoms with E-state index in [1.54, 1.807) is 12.4 Å². The second-order valence-electron chi connectivity index (χ2n) is 8.90. The summed E-state index contributed by atoms with van der Waals surface area (Å²) in [4.78, 5) is 13.7. The number of imidazole rings is 1. The molecular weight excluding hydrogens is 408 g/mol. The molecule has 5 rings (SSSR count). The molecular formula is C21H27ClN4O2S. The summed E-state index contributed by atoms with van der Waals surface area (Å²) in [5.41, 5.74) is 1.16. The van der Waals surface area contributed by atoms with Gasteiger partial charge in [-0.05, 0) is 38.5 Å². The van der Waals surface area contributed by atoms with Crippen molar-refractivity contribution in [1.82, 2.24) is 19.5 Å². The molecule has 1 atom stereocenters. The molecule has 2 aromatic heterocycles. The third-order valence-corrected chi connectivity index (χ3v) is 8.66. The van der Waals surface area contributed by atoms with E-state index >= 15 is 0 Å². The lowest BCUT2D eigenvalue weighted by atomic mass is 9.67. The van der Waals surface area contributed by atoms with Gasteiger partial charge in [0, 0.05) is 55.0 Å². The van der Waals surface area contributed by atoms with Crippen LogP contribution in [0.25, 0.3) is 0 Å². The van der Waals surface area contributed by atoms with Gasteiger partial charge in [-0.1, -0.05) is 18.0 Å². The van der Waals surface area contributed by atoms with Crippen LogP contribution in [0.2, 0.25) is 5.02 Å². The van der Waals surface area contributed by atoms with Crippen LogP contribution < -0.4 is 0 Å². The number of halogens is 1. The van der Waals surface area contributed by atoms with Gasteiger partial charge in [0.05, 0.1) is 21.5 Å². The summed E-state index contributed by atoms with van der Waals surface area (Å²) in [6.07, 6.45) is 12.5. The number of aliphatic hydroxyl groups excluding tert-OH is 1. The molecule has 2 aliphatic carbocycles. The first kappa shape index (κ1) is 19.6. The number of rotatable bonds is 5. The summed E-state index contributed by atoms with van der Waals surface area (Å²) in [5, 5.41) is 11.3.